The zero-order valence-corrected chi connectivity index (χ0v) is 9.30. The van der Waals surface area contributed by atoms with Crippen molar-refractivity contribution in [2.75, 3.05) is 0 Å². The standard InChI is InChI=1S/C10H18F2O2/c1-6(2)8(5)14-10(11,12)9(13)7(3)4/h6-8H,1-5H3/t8-/m1/s1. The highest BCUT2D eigenvalue weighted by Crippen LogP contribution is 2.24. The fourth-order valence-corrected chi connectivity index (χ4v) is 0.764. The molecule has 4 heteroatoms. The number of hydrogen-bond acceptors (Lipinski definition) is 2. The molecule has 0 aromatic carbocycles. The summed E-state index contributed by atoms with van der Waals surface area (Å²) in [4.78, 5) is 11.0. The Morgan fingerprint density at radius 2 is 1.57 bits per heavy atom. The highest BCUT2D eigenvalue weighted by atomic mass is 19.3. The molecule has 0 bridgehead atoms. The Hall–Kier alpha value is -0.510. The van der Waals surface area contributed by atoms with Crippen LogP contribution in [-0.4, -0.2) is 18.0 Å². The molecule has 0 amide bonds. The van der Waals surface area contributed by atoms with Gasteiger partial charge < -0.3 is 4.74 Å². The average molecular weight is 208 g/mol. The minimum atomic E-state index is -3.65. The number of carbonyl (C=O) groups is 1. The van der Waals surface area contributed by atoms with Crippen molar-refractivity contribution in [3.05, 3.63) is 0 Å². The SMILES string of the molecule is CC(C)C(=O)C(F)(F)O[C@H](C)C(C)C. The average Bonchev–Trinajstić information content (AvgIpc) is 2.01. The number of alkyl halides is 2. The monoisotopic (exact) mass is 208 g/mol. The van der Waals surface area contributed by atoms with E-state index in [4.69, 9.17) is 0 Å². The van der Waals surface area contributed by atoms with E-state index in [0.717, 1.165) is 0 Å². The van der Waals surface area contributed by atoms with Crippen molar-refractivity contribution in [2.45, 2.75) is 46.8 Å². The van der Waals surface area contributed by atoms with E-state index in [1.165, 1.54) is 20.8 Å². The third-order valence-electron chi connectivity index (χ3n) is 2.08. The summed E-state index contributed by atoms with van der Waals surface area (Å²) < 4.78 is 30.7. The first kappa shape index (κ1) is 13.5. The molecule has 0 aliphatic heterocycles. The van der Waals surface area contributed by atoms with Gasteiger partial charge in [-0.15, -0.1) is 0 Å². The van der Waals surface area contributed by atoms with E-state index < -0.39 is 23.9 Å². The highest BCUT2D eigenvalue weighted by molar-refractivity contribution is 5.85. The Balaban J connectivity index is 4.41. The lowest BCUT2D eigenvalue weighted by atomic mass is 10.1. The Bertz CT molecular complexity index is 200. The molecule has 0 unspecified atom stereocenters. The molecule has 0 aromatic rings. The summed E-state index contributed by atoms with van der Waals surface area (Å²) in [5, 5.41) is 0. The van der Waals surface area contributed by atoms with E-state index in [-0.39, 0.29) is 5.92 Å². The molecule has 2 nitrogen and oxygen atoms in total. The van der Waals surface area contributed by atoms with Gasteiger partial charge in [-0.3, -0.25) is 4.79 Å². The zero-order valence-electron chi connectivity index (χ0n) is 9.30. The Labute approximate surface area is 83.6 Å². The molecule has 0 saturated heterocycles. The topological polar surface area (TPSA) is 26.3 Å². The van der Waals surface area contributed by atoms with Crippen LogP contribution in [0.1, 0.15) is 34.6 Å². The summed E-state index contributed by atoms with van der Waals surface area (Å²) in [5.74, 6) is -1.92. The fraction of sp³-hybridized carbons (Fsp3) is 0.900. The first-order valence-corrected chi connectivity index (χ1v) is 4.78. The quantitative estimate of drug-likeness (QED) is 0.694. The van der Waals surface area contributed by atoms with E-state index in [2.05, 4.69) is 4.74 Å². The van der Waals surface area contributed by atoms with Gasteiger partial charge in [-0.2, -0.15) is 8.78 Å². The van der Waals surface area contributed by atoms with Crippen LogP contribution in [0.4, 0.5) is 8.78 Å². The predicted molar refractivity (Wildman–Crippen MR) is 50.2 cm³/mol. The van der Waals surface area contributed by atoms with Crippen LogP contribution in [0.2, 0.25) is 0 Å². The summed E-state index contributed by atoms with van der Waals surface area (Å²) in [6, 6.07) is 0. The largest absolute Gasteiger partial charge is 0.416 e. The summed E-state index contributed by atoms with van der Waals surface area (Å²) in [6.45, 7) is 7.92. The van der Waals surface area contributed by atoms with Gasteiger partial charge >= 0.3 is 6.11 Å². The Kier molecular flexibility index (Phi) is 4.65. The number of hydrogen-bond donors (Lipinski definition) is 0. The van der Waals surface area contributed by atoms with Gasteiger partial charge in [0, 0.05) is 5.92 Å². The van der Waals surface area contributed by atoms with Crippen LogP contribution in [0.25, 0.3) is 0 Å². The lowest BCUT2D eigenvalue weighted by molar-refractivity contribution is -0.253. The molecular formula is C10H18F2O2. The number of rotatable bonds is 5. The molecule has 0 aromatic heterocycles. The third-order valence-corrected chi connectivity index (χ3v) is 2.08. The Morgan fingerprint density at radius 1 is 1.14 bits per heavy atom. The van der Waals surface area contributed by atoms with E-state index in [1.807, 2.05) is 0 Å². The van der Waals surface area contributed by atoms with Crippen molar-refractivity contribution in [3.63, 3.8) is 0 Å². The van der Waals surface area contributed by atoms with Gasteiger partial charge in [-0.1, -0.05) is 27.7 Å². The molecule has 0 radical (unpaired) electrons. The highest BCUT2D eigenvalue weighted by Gasteiger charge is 2.43. The van der Waals surface area contributed by atoms with E-state index >= 15 is 0 Å². The number of halogens is 2. The molecule has 14 heavy (non-hydrogen) atoms. The van der Waals surface area contributed by atoms with Crippen molar-refractivity contribution in [2.24, 2.45) is 11.8 Å². The van der Waals surface area contributed by atoms with Crippen molar-refractivity contribution in [1.29, 1.82) is 0 Å². The van der Waals surface area contributed by atoms with Crippen molar-refractivity contribution < 1.29 is 18.3 Å². The van der Waals surface area contributed by atoms with Gasteiger partial charge in [0.15, 0.2) is 0 Å². The maximum absolute atomic E-state index is 13.1. The molecule has 0 heterocycles. The number of carbonyl (C=O) groups excluding carboxylic acids is 1. The van der Waals surface area contributed by atoms with Gasteiger partial charge in [0.05, 0.1) is 6.10 Å². The van der Waals surface area contributed by atoms with Crippen LogP contribution in [-0.2, 0) is 9.53 Å². The molecule has 0 fully saturated rings. The zero-order chi connectivity index (χ0) is 11.5. The molecule has 84 valence electrons. The van der Waals surface area contributed by atoms with Crippen molar-refractivity contribution in [1.82, 2.24) is 0 Å². The van der Waals surface area contributed by atoms with Crippen LogP contribution in [0.3, 0.4) is 0 Å². The first-order chi connectivity index (χ1) is 6.18. The van der Waals surface area contributed by atoms with Gasteiger partial charge in [0.1, 0.15) is 0 Å². The van der Waals surface area contributed by atoms with Crippen LogP contribution in [0.15, 0.2) is 0 Å². The summed E-state index contributed by atoms with van der Waals surface area (Å²) >= 11 is 0. The minimum Gasteiger partial charge on any atom is -0.311 e. The second-order valence-electron chi connectivity index (χ2n) is 4.10. The maximum atomic E-state index is 13.1. The lowest BCUT2D eigenvalue weighted by Crippen LogP contribution is -2.39. The third kappa shape index (κ3) is 3.70. The van der Waals surface area contributed by atoms with Crippen molar-refractivity contribution in [3.8, 4) is 0 Å². The predicted octanol–water partition coefficient (Wildman–Crippen LogP) is 2.87. The maximum Gasteiger partial charge on any atom is 0.416 e. The molecule has 0 N–H and O–H groups in total. The van der Waals surface area contributed by atoms with Crippen LogP contribution in [0, 0.1) is 11.8 Å². The fourth-order valence-electron chi connectivity index (χ4n) is 0.764. The van der Waals surface area contributed by atoms with Gasteiger partial charge in [0.2, 0.25) is 5.78 Å². The molecule has 0 aliphatic carbocycles. The van der Waals surface area contributed by atoms with E-state index in [1.54, 1.807) is 13.8 Å². The second-order valence-corrected chi connectivity index (χ2v) is 4.10. The summed E-state index contributed by atoms with van der Waals surface area (Å²) in [6.07, 6.45) is -4.29. The molecular weight excluding hydrogens is 190 g/mol. The number of Topliss-reactive ketones (excluding diaryl/α,β-unsaturated/α-hetero) is 1. The summed E-state index contributed by atoms with van der Waals surface area (Å²) in [5.41, 5.74) is 0. The number of ether oxygens (including phenoxy) is 1. The van der Waals surface area contributed by atoms with Crippen LogP contribution < -0.4 is 0 Å². The summed E-state index contributed by atoms with van der Waals surface area (Å²) in [7, 11) is 0. The van der Waals surface area contributed by atoms with Gasteiger partial charge in [-0.25, -0.2) is 0 Å². The molecule has 0 aliphatic rings. The van der Waals surface area contributed by atoms with Crippen LogP contribution in [0.5, 0.6) is 0 Å². The van der Waals surface area contributed by atoms with E-state index in [9.17, 15) is 13.6 Å². The number of ketones is 1. The second kappa shape index (κ2) is 4.82. The minimum absolute atomic E-state index is 0.0409. The molecule has 1 atom stereocenters. The van der Waals surface area contributed by atoms with Crippen molar-refractivity contribution >= 4 is 5.78 Å². The first-order valence-electron chi connectivity index (χ1n) is 4.78. The van der Waals surface area contributed by atoms with Crippen LogP contribution >= 0.6 is 0 Å². The van der Waals surface area contributed by atoms with Gasteiger partial charge in [0.25, 0.3) is 0 Å². The molecule has 0 saturated carbocycles. The molecule has 0 spiro atoms. The van der Waals surface area contributed by atoms with E-state index in [0.29, 0.717) is 0 Å². The van der Waals surface area contributed by atoms with Gasteiger partial charge in [-0.05, 0) is 12.8 Å². The molecule has 0 rings (SSSR count). The smallest absolute Gasteiger partial charge is 0.311 e. The normalized spacial score (nSPS) is 14.9. The lowest BCUT2D eigenvalue weighted by Gasteiger charge is -2.24. The Morgan fingerprint density at radius 3 is 1.86 bits per heavy atom.